The lowest BCUT2D eigenvalue weighted by atomic mass is 10.1. The predicted octanol–water partition coefficient (Wildman–Crippen LogP) is 1.71. The lowest BCUT2D eigenvalue weighted by Crippen LogP contribution is -2.15. The van der Waals surface area contributed by atoms with Gasteiger partial charge in [-0.05, 0) is 13.3 Å². The minimum atomic E-state index is -0.212. The number of epoxide rings is 1. The van der Waals surface area contributed by atoms with Crippen molar-refractivity contribution in [3.05, 3.63) is 0 Å². The summed E-state index contributed by atoms with van der Waals surface area (Å²) in [5.41, 5.74) is 0. The first-order valence-corrected chi connectivity index (χ1v) is 4.59. The zero-order valence-corrected chi connectivity index (χ0v) is 7.42. The zero-order valence-electron chi connectivity index (χ0n) is 7.42. The summed E-state index contributed by atoms with van der Waals surface area (Å²) in [6.45, 7) is 4.18. The quantitative estimate of drug-likeness (QED) is 0.488. The molecule has 11 heavy (non-hydrogen) atoms. The maximum atomic E-state index is 9.46. The molecular formula is C9H18O2. The van der Waals surface area contributed by atoms with Gasteiger partial charge in [-0.15, -0.1) is 0 Å². The third-order valence-corrected chi connectivity index (χ3v) is 2.24. The van der Waals surface area contributed by atoms with Crippen molar-refractivity contribution in [3.63, 3.8) is 0 Å². The summed E-state index contributed by atoms with van der Waals surface area (Å²) >= 11 is 0. The Hall–Kier alpha value is -0.0800. The average Bonchev–Trinajstić information content (AvgIpc) is 2.67. The highest BCUT2D eigenvalue weighted by Gasteiger charge is 2.39. The first-order chi connectivity index (χ1) is 5.25. The van der Waals surface area contributed by atoms with Gasteiger partial charge in [-0.25, -0.2) is 0 Å². The van der Waals surface area contributed by atoms with Crippen molar-refractivity contribution in [1.29, 1.82) is 0 Å². The number of hydrogen-bond donors (Lipinski definition) is 1. The van der Waals surface area contributed by atoms with Gasteiger partial charge < -0.3 is 9.84 Å². The van der Waals surface area contributed by atoms with Crippen molar-refractivity contribution in [2.24, 2.45) is 0 Å². The zero-order chi connectivity index (χ0) is 8.27. The van der Waals surface area contributed by atoms with Crippen LogP contribution in [0.15, 0.2) is 0 Å². The molecule has 2 heteroatoms. The van der Waals surface area contributed by atoms with Crippen molar-refractivity contribution >= 4 is 0 Å². The Kier molecular flexibility index (Phi) is 3.34. The fourth-order valence-electron chi connectivity index (χ4n) is 1.37. The fourth-order valence-corrected chi connectivity index (χ4v) is 1.37. The van der Waals surface area contributed by atoms with Gasteiger partial charge in [-0.2, -0.15) is 0 Å². The largest absolute Gasteiger partial charge is 0.390 e. The lowest BCUT2D eigenvalue weighted by Gasteiger charge is -2.05. The van der Waals surface area contributed by atoms with Gasteiger partial charge >= 0.3 is 0 Å². The van der Waals surface area contributed by atoms with Crippen molar-refractivity contribution in [1.82, 2.24) is 0 Å². The summed E-state index contributed by atoms with van der Waals surface area (Å²) in [6, 6.07) is 0. The molecule has 0 aliphatic carbocycles. The summed E-state index contributed by atoms with van der Waals surface area (Å²) in [7, 11) is 0. The van der Waals surface area contributed by atoms with E-state index < -0.39 is 0 Å². The highest BCUT2D eigenvalue weighted by molar-refractivity contribution is 4.86. The smallest absolute Gasteiger partial charge is 0.110 e. The molecule has 3 unspecified atom stereocenters. The summed E-state index contributed by atoms with van der Waals surface area (Å²) < 4.78 is 5.16. The van der Waals surface area contributed by atoms with Crippen molar-refractivity contribution < 1.29 is 9.84 Å². The van der Waals surface area contributed by atoms with Crippen LogP contribution in [-0.2, 0) is 4.74 Å². The standard InChI is InChI=1S/C9H18O2/c1-3-4-5-6-8(10)9-7(2)11-9/h7-10H,3-6H2,1-2H3. The van der Waals surface area contributed by atoms with E-state index in [0.29, 0.717) is 6.10 Å². The molecule has 0 radical (unpaired) electrons. The Labute approximate surface area is 68.6 Å². The molecule has 2 nitrogen and oxygen atoms in total. The molecule has 0 amide bonds. The molecule has 3 atom stereocenters. The molecule has 1 rings (SSSR count). The second-order valence-electron chi connectivity index (χ2n) is 3.37. The third-order valence-electron chi connectivity index (χ3n) is 2.24. The van der Waals surface area contributed by atoms with E-state index in [1.54, 1.807) is 0 Å². The first-order valence-electron chi connectivity index (χ1n) is 4.59. The monoisotopic (exact) mass is 158 g/mol. The molecule has 1 aliphatic rings. The molecule has 0 saturated carbocycles. The van der Waals surface area contributed by atoms with E-state index >= 15 is 0 Å². The van der Waals surface area contributed by atoms with Crippen LogP contribution in [0.3, 0.4) is 0 Å². The van der Waals surface area contributed by atoms with Crippen molar-refractivity contribution in [2.75, 3.05) is 0 Å². The molecule has 1 aliphatic heterocycles. The predicted molar refractivity (Wildman–Crippen MR) is 44.5 cm³/mol. The minimum Gasteiger partial charge on any atom is -0.390 e. The molecule has 0 aromatic carbocycles. The Morgan fingerprint density at radius 3 is 2.55 bits per heavy atom. The lowest BCUT2D eigenvalue weighted by molar-refractivity contribution is 0.123. The molecule has 1 fully saturated rings. The van der Waals surface area contributed by atoms with Gasteiger partial charge in [0.1, 0.15) is 6.10 Å². The normalized spacial score (nSPS) is 31.9. The topological polar surface area (TPSA) is 32.8 Å². The molecule has 0 bridgehead atoms. The number of ether oxygens (including phenoxy) is 1. The van der Waals surface area contributed by atoms with Crippen LogP contribution in [0.5, 0.6) is 0 Å². The Bertz CT molecular complexity index is 114. The van der Waals surface area contributed by atoms with Gasteiger partial charge in [0.2, 0.25) is 0 Å². The number of hydrogen-bond acceptors (Lipinski definition) is 2. The highest BCUT2D eigenvalue weighted by atomic mass is 16.6. The Morgan fingerprint density at radius 2 is 2.09 bits per heavy atom. The van der Waals surface area contributed by atoms with E-state index in [1.807, 2.05) is 6.92 Å². The molecule has 1 saturated heterocycles. The van der Waals surface area contributed by atoms with Crippen molar-refractivity contribution in [2.45, 2.75) is 57.8 Å². The average molecular weight is 158 g/mol. The first kappa shape index (κ1) is 9.01. The number of aliphatic hydroxyl groups is 1. The van der Waals surface area contributed by atoms with Crippen LogP contribution < -0.4 is 0 Å². The molecule has 1 N–H and O–H groups in total. The second kappa shape index (κ2) is 4.07. The minimum absolute atomic E-state index is 0.145. The summed E-state index contributed by atoms with van der Waals surface area (Å²) in [5, 5.41) is 9.46. The van der Waals surface area contributed by atoms with Crippen LogP contribution in [-0.4, -0.2) is 23.4 Å². The van der Waals surface area contributed by atoms with E-state index in [9.17, 15) is 5.11 Å². The fraction of sp³-hybridized carbons (Fsp3) is 1.00. The highest BCUT2D eigenvalue weighted by Crippen LogP contribution is 2.26. The summed E-state index contributed by atoms with van der Waals surface area (Å²) in [6.07, 6.45) is 4.70. The summed E-state index contributed by atoms with van der Waals surface area (Å²) in [4.78, 5) is 0. The van der Waals surface area contributed by atoms with Crippen molar-refractivity contribution in [3.8, 4) is 0 Å². The maximum absolute atomic E-state index is 9.46. The molecule has 0 aromatic heterocycles. The molecule has 0 spiro atoms. The van der Waals surface area contributed by atoms with Crippen LogP contribution in [0, 0.1) is 0 Å². The third kappa shape index (κ3) is 2.80. The Morgan fingerprint density at radius 1 is 1.45 bits per heavy atom. The molecular weight excluding hydrogens is 140 g/mol. The van der Waals surface area contributed by atoms with Crippen LogP contribution in [0.2, 0.25) is 0 Å². The molecule has 0 aromatic rings. The maximum Gasteiger partial charge on any atom is 0.110 e. The van der Waals surface area contributed by atoms with E-state index in [0.717, 1.165) is 12.8 Å². The number of rotatable bonds is 5. The van der Waals surface area contributed by atoms with Gasteiger partial charge in [0.05, 0.1) is 12.2 Å². The van der Waals surface area contributed by atoms with Crippen LogP contribution in [0.1, 0.15) is 39.5 Å². The van der Waals surface area contributed by atoms with E-state index in [4.69, 9.17) is 4.74 Å². The van der Waals surface area contributed by atoms with Gasteiger partial charge in [0.15, 0.2) is 0 Å². The van der Waals surface area contributed by atoms with Gasteiger partial charge in [0.25, 0.3) is 0 Å². The van der Waals surface area contributed by atoms with E-state index in [2.05, 4.69) is 6.92 Å². The second-order valence-corrected chi connectivity index (χ2v) is 3.37. The number of unbranched alkanes of at least 4 members (excludes halogenated alkanes) is 2. The summed E-state index contributed by atoms with van der Waals surface area (Å²) in [5.74, 6) is 0. The van der Waals surface area contributed by atoms with Crippen LogP contribution >= 0.6 is 0 Å². The number of aliphatic hydroxyl groups excluding tert-OH is 1. The van der Waals surface area contributed by atoms with Gasteiger partial charge in [-0.3, -0.25) is 0 Å². The van der Waals surface area contributed by atoms with Gasteiger partial charge in [-0.1, -0.05) is 26.2 Å². The SMILES string of the molecule is CCCCCC(O)C1OC1C. The van der Waals surface area contributed by atoms with E-state index in [-0.39, 0.29) is 12.2 Å². The molecule has 1 heterocycles. The van der Waals surface area contributed by atoms with E-state index in [1.165, 1.54) is 12.8 Å². The van der Waals surface area contributed by atoms with Crippen LogP contribution in [0.4, 0.5) is 0 Å². The Balaban J connectivity index is 1.98. The van der Waals surface area contributed by atoms with Crippen LogP contribution in [0.25, 0.3) is 0 Å². The molecule has 66 valence electrons. The van der Waals surface area contributed by atoms with Gasteiger partial charge in [0, 0.05) is 0 Å².